The number of piperazine rings is 1. The van der Waals surface area contributed by atoms with Crippen LogP contribution in [0.5, 0.6) is 0 Å². The minimum absolute atomic E-state index is 0.0391. The Bertz CT molecular complexity index is 741. The van der Waals surface area contributed by atoms with E-state index in [-0.39, 0.29) is 37.9 Å². The van der Waals surface area contributed by atoms with Crippen molar-refractivity contribution in [1.29, 1.82) is 0 Å². The highest BCUT2D eigenvalue weighted by Gasteiger charge is 2.37. The number of hydrogen-bond donors (Lipinski definition) is 1. The standard InChI is InChI=1S/C19H26N4O6/c1-13(24)22-7-8-23(17(25)12-28-2)16(11-22)18(26)21-15(19(27)29-3)9-14-5-4-6-20-10-14/h4-6,10,15-16H,7-9,11-12H2,1-3H3,(H,21,26). The van der Waals surface area contributed by atoms with E-state index in [1.807, 2.05) is 0 Å². The highest BCUT2D eigenvalue weighted by atomic mass is 16.5. The van der Waals surface area contributed by atoms with Crippen molar-refractivity contribution < 1.29 is 28.7 Å². The van der Waals surface area contributed by atoms with Gasteiger partial charge in [0.1, 0.15) is 18.7 Å². The third kappa shape index (κ3) is 5.98. The van der Waals surface area contributed by atoms with Crippen LogP contribution in [0.15, 0.2) is 24.5 Å². The second-order valence-electron chi connectivity index (χ2n) is 6.65. The first-order valence-corrected chi connectivity index (χ1v) is 9.18. The zero-order valence-electron chi connectivity index (χ0n) is 16.8. The third-order valence-corrected chi connectivity index (χ3v) is 4.68. The van der Waals surface area contributed by atoms with Crippen LogP contribution in [0, 0.1) is 0 Å². The van der Waals surface area contributed by atoms with Gasteiger partial charge in [-0.25, -0.2) is 4.79 Å². The molecule has 1 aliphatic rings. The van der Waals surface area contributed by atoms with Gasteiger partial charge >= 0.3 is 5.97 Å². The van der Waals surface area contributed by atoms with E-state index in [0.29, 0.717) is 6.54 Å². The van der Waals surface area contributed by atoms with Crippen LogP contribution < -0.4 is 5.32 Å². The lowest BCUT2D eigenvalue weighted by atomic mass is 10.1. The van der Waals surface area contributed by atoms with E-state index in [2.05, 4.69) is 10.3 Å². The molecule has 1 saturated heterocycles. The molecule has 1 N–H and O–H groups in total. The molecule has 0 spiro atoms. The van der Waals surface area contributed by atoms with E-state index in [9.17, 15) is 19.2 Å². The van der Waals surface area contributed by atoms with Gasteiger partial charge in [0.25, 0.3) is 0 Å². The Morgan fingerprint density at radius 1 is 1.28 bits per heavy atom. The summed E-state index contributed by atoms with van der Waals surface area (Å²) in [7, 11) is 2.62. The van der Waals surface area contributed by atoms with Crippen molar-refractivity contribution >= 4 is 23.7 Å². The van der Waals surface area contributed by atoms with Crippen molar-refractivity contribution in [1.82, 2.24) is 20.1 Å². The average Bonchev–Trinajstić information content (AvgIpc) is 2.73. The van der Waals surface area contributed by atoms with Crippen LogP contribution in [-0.4, -0.2) is 91.0 Å². The molecule has 0 radical (unpaired) electrons. The number of methoxy groups -OCH3 is 2. The number of carbonyl (C=O) groups excluding carboxylic acids is 4. The normalized spacial score (nSPS) is 17.4. The maximum Gasteiger partial charge on any atom is 0.328 e. The summed E-state index contributed by atoms with van der Waals surface area (Å²) in [5, 5.41) is 2.66. The molecule has 158 valence electrons. The molecule has 1 fully saturated rings. The van der Waals surface area contributed by atoms with Crippen LogP contribution >= 0.6 is 0 Å². The largest absolute Gasteiger partial charge is 0.467 e. The summed E-state index contributed by atoms with van der Waals surface area (Å²) in [6, 6.07) is 1.62. The number of amides is 3. The molecule has 3 amide bonds. The number of rotatable bonds is 7. The Morgan fingerprint density at radius 2 is 2.03 bits per heavy atom. The molecular weight excluding hydrogens is 380 g/mol. The van der Waals surface area contributed by atoms with E-state index in [0.717, 1.165) is 5.56 Å². The Balaban J connectivity index is 2.19. The Labute approximate surface area is 169 Å². The maximum atomic E-state index is 13.0. The van der Waals surface area contributed by atoms with Crippen molar-refractivity contribution in [3.63, 3.8) is 0 Å². The van der Waals surface area contributed by atoms with Crippen LogP contribution in [0.3, 0.4) is 0 Å². The smallest absolute Gasteiger partial charge is 0.328 e. The minimum atomic E-state index is -0.955. The van der Waals surface area contributed by atoms with Crippen molar-refractivity contribution in [3.05, 3.63) is 30.1 Å². The number of ether oxygens (including phenoxy) is 2. The predicted octanol–water partition coefficient (Wildman–Crippen LogP) is -1.01. The summed E-state index contributed by atoms with van der Waals surface area (Å²) < 4.78 is 9.70. The molecule has 2 heterocycles. The number of esters is 1. The van der Waals surface area contributed by atoms with Gasteiger partial charge in [0.05, 0.1) is 13.7 Å². The van der Waals surface area contributed by atoms with Gasteiger partial charge in [0.15, 0.2) is 0 Å². The van der Waals surface area contributed by atoms with Crippen LogP contribution in [0.4, 0.5) is 0 Å². The first-order chi connectivity index (χ1) is 13.9. The van der Waals surface area contributed by atoms with Crippen molar-refractivity contribution in [2.24, 2.45) is 0 Å². The van der Waals surface area contributed by atoms with Gasteiger partial charge in [-0.2, -0.15) is 0 Å². The van der Waals surface area contributed by atoms with Gasteiger partial charge in [-0.05, 0) is 11.6 Å². The summed E-state index contributed by atoms with van der Waals surface area (Å²) in [5.74, 6) is -1.71. The van der Waals surface area contributed by atoms with Gasteiger partial charge in [0, 0.05) is 45.9 Å². The highest BCUT2D eigenvalue weighted by molar-refractivity contribution is 5.92. The quantitative estimate of drug-likeness (QED) is 0.576. The number of pyridine rings is 1. The second-order valence-corrected chi connectivity index (χ2v) is 6.65. The maximum absolute atomic E-state index is 13.0. The molecule has 0 saturated carbocycles. The summed E-state index contributed by atoms with van der Waals surface area (Å²) in [6.07, 6.45) is 3.38. The van der Waals surface area contributed by atoms with Crippen molar-refractivity contribution in [2.75, 3.05) is 40.5 Å². The number of nitrogens with one attached hydrogen (secondary N) is 1. The number of hydrogen-bond acceptors (Lipinski definition) is 7. The lowest BCUT2D eigenvalue weighted by molar-refractivity contribution is -0.152. The molecule has 29 heavy (non-hydrogen) atoms. The van der Waals surface area contributed by atoms with E-state index < -0.39 is 24.0 Å². The first-order valence-electron chi connectivity index (χ1n) is 9.18. The molecule has 10 nitrogen and oxygen atoms in total. The van der Waals surface area contributed by atoms with E-state index in [1.54, 1.807) is 24.5 Å². The fourth-order valence-corrected chi connectivity index (χ4v) is 3.16. The molecule has 1 aromatic heterocycles. The van der Waals surface area contributed by atoms with Gasteiger partial charge in [-0.1, -0.05) is 6.07 Å². The van der Waals surface area contributed by atoms with Crippen LogP contribution in [0.1, 0.15) is 12.5 Å². The summed E-state index contributed by atoms with van der Waals surface area (Å²) in [4.78, 5) is 56.2. The topological polar surface area (TPSA) is 118 Å². The van der Waals surface area contributed by atoms with Crippen molar-refractivity contribution in [2.45, 2.75) is 25.4 Å². The Kier molecular flexibility index (Phi) is 8.08. The van der Waals surface area contributed by atoms with E-state index in [4.69, 9.17) is 9.47 Å². The summed E-state index contributed by atoms with van der Waals surface area (Å²) in [6.45, 7) is 1.79. The molecule has 1 aromatic rings. The highest BCUT2D eigenvalue weighted by Crippen LogP contribution is 2.13. The zero-order chi connectivity index (χ0) is 21.4. The van der Waals surface area contributed by atoms with Crippen LogP contribution in [0.2, 0.25) is 0 Å². The molecule has 0 aliphatic carbocycles. The molecule has 10 heteroatoms. The zero-order valence-corrected chi connectivity index (χ0v) is 16.8. The first kappa shape index (κ1) is 22.3. The summed E-state index contributed by atoms with van der Waals surface area (Å²) in [5.41, 5.74) is 0.740. The summed E-state index contributed by atoms with van der Waals surface area (Å²) >= 11 is 0. The Morgan fingerprint density at radius 3 is 2.62 bits per heavy atom. The second kappa shape index (κ2) is 10.5. The number of nitrogens with zero attached hydrogens (tertiary/aromatic N) is 3. The molecule has 2 unspecified atom stereocenters. The minimum Gasteiger partial charge on any atom is -0.467 e. The monoisotopic (exact) mass is 406 g/mol. The van der Waals surface area contributed by atoms with Gasteiger partial charge in [-0.3, -0.25) is 19.4 Å². The fourth-order valence-electron chi connectivity index (χ4n) is 3.16. The molecular formula is C19H26N4O6. The molecule has 0 bridgehead atoms. The predicted molar refractivity (Wildman–Crippen MR) is 102 cm³/mol. The number of aromatic nitrogens is 1. The van der Waals surface area contributed by atoms with Crippen LogP contribution in [0.25, 0.3) is 0 Å². The Hall–Kier alpha value is -3.01. The molecule has 2 atom stereocenters. The molecule has 2 rings (SSSR count). The van der Waals surface area contributed by atoms with Gasteiger partial charge in [-0.15, -0.1) is 0 Å². The molecule has 0 aromatic carbocycles. The van der Waals surface area contributed by atoms with Crippen molar-refractivity contribution in [3.8, 4) is 0 Å². The van der Waals surface area contributed by atoms with E-state index in [1.165, 1.54) is 30.9 Å². The lowest BCUT2D eigenvalue weighted by Gasteiger charge is -2.40. The van der Waals surface area contributed by atoms with Gasteiger partial charge in [0.2, 0.25) is 17.7 Å². The fraction of sp³-hybridized carbons (Fsp3) is 0.526. The lowest BCUT2D eigenvalue weighted by Crippen LogP contribution is -2.63. The molecule has 1 aliphatic heterocycles. The van der Waals surface area contributed by atoms with Crippen LogP contribution in [-0.2, 0) is 35.1 Å². The number of carbonyl (C=O) groups is 4. The SMILES string of the molecule is COCC(=O)N1CCN(C(C)=O)CC1C(=O)NC(Cc1cccnc1)C(=O)OC. The van der Waals surface area contributed by atoms with E-state index >= 15 is 0 Å². The third-order valence-electron chi connectivity index (χ3n) is 4.68. The van der Waals surface area contributed by atoms with Gasteiger partial charge < -0.3 is 24.6 Å². The average molecular weight is 406 g/mol.